The largest absolute Gasteiger partial charge is 0.411 e. The van der Waals surface area contributed by atoms with Crippen molar-refractivity contribution in [2.24, 2.45) is 22.4 Å². The van der Waals surface area contributed by atoms with Gasteiger partial charge in [-0.15, -0.1) is 0 Å². The van der Waals surface area contributed by atoms with Crippen molar-refractivity contribution in [2.75, 3.05) is 0 Å². The van der Waals surface area contributed by atoms with Crippen molar-refractivity contribution in [3.63, 3.8) is 0 Å². The molecule has 0 aromatic rings. The normalized spacial score (nSPS) is 35.8. The van der Waals surface area contributed by atoms with E-state index >= 15 is 0 Å². The van der Waals surface area contributed by atoms with E-state index in [1.807, 2.05) is 0 Å². The van der Waals surface area contributed by atoms with E-state index in [1.54, 1.807) is 6.08 Å². The Kier molecular flexibility index (Phi) is 1.59. The molecule has 0 heterocycles. The van der Waals surface area contributed by atoms with Crippen LogP contribution in [0.2, 0.25) is 0 Å². The summed E-state index contributed by atoms with van der Waals surface area (Å²) in [5.74, 6) is 0.766. The van der Waals surface area contributed by atoms with E-state index in [0.717, 1.165) is 12.0 Å². The van der Waals surface area contributed by atoms with Gasteiger partial charge in [0, 0.05) is 5.92 Å². The van der Waals surface area contributed by atoms with Crippen LogP contribution in [0.1, 0.15) is 20.3 Å². The van der Waals surface area contributed by atoms with Crippen LogP contribution in [-0.2, 0) is 4.79 Å². The second kappa shape index (κ2) is 2.44. The Balaban J connectivity index is 2.36. The van der Waals surface area contributed by atoms with Gasteiger partial charge in [-0.3, -0.25) is 4.79 Å². The average molecular weight is 179 g/mol. The van der Waals surface area contributed by atoms with Gasteiger partial charge in [0.15, 0.2) is 5.78 Å². The Bertz CT molecular complexity index is 315. The summed E-state index contributed by atoms with van der Waals surface area (Å²) in [5.41, 5.74) is 0.933. The number of ketones is 1. The number of fused-ring (bicyclic) bond motifs is 1. The number of allylic oxidation sites excluding steroid dienone is 2. The zero-order chi connectivity index (χ0) is 9.64. The summed E-state index contributed by atoms with van der Waals surface area (Å²) in [6, 6.07) is 0. The van der Waals surface area contributed by atoms with Gasteiger partial charge in [0.2, 0.25) is 0 Å². The van der Waals surface area contributed by atoms with Crippen molar-refractivity contribution >= 4 is 12.0 Å². The number of carbonyl (C=O) groups is 1. The fraction of sp³-hybridized carbons (Fsp3) is 0.600. The van der Waals surface area contributed by atoms with Gasteiger partial charge in [-0.05, 0) is 29.4 Å². The van der Waals surface area contributed by atoms with Crippen LogP contribution >= 0.6 is 0 Å². The highest BCUT2D eigenvalue weighted by Crippen LogP contribution is 2.57. The molecule has 0 aliphatic heterocycles. The number of hydrogen-bond acceptors (Lipinski definition) is 3. The van der Waals surface area contributed by atoms with Gasteiger partial charge in [-0.1, -0.05) is 19.0 Å². The fourth-order valence-corrected chi connectivity index (χ4v) is 2.53. The number of hydrogen-bond donors (Lipinski definition) is 1. The van der Waals surface area contributed by atoms with E-state index in [-0.39, 0.29) is 17.1 Å². The molecule has 3 rings (SSSR count). The molecule has 0 aromatic carbocycles. The maximum atomic E-state index is 11.5. The minimum absolute atomic E-state index is 0.0579. The van der Waals surface area contributed by atoms with Crippen LogP contribution in [0.5, 0.6) is 0 Å². The van der Waals surface area contributed by atoms with Crippen molar-refractivity contribution in [3.05, 3.63) is 11.6 Å². The summed E-state index contributed by atoms with van der Waals surface area (Å²) in [6.45, 7) is 4.20. The Labute approximate surface area is 77.1 Å². The first kappa shape index (κ1) is 8.48. The van der Waals surface area contributed by atoms with Crippen LogP contribution in [0.4, 0.5) is 0 Å². The van der Waals surface area contributed by atoms with Gasteiger partial charge in [-0.2, -0.15) is 0 Å². The van der Waals surface area contributed by atoms with Crippen LogP contribution in [0.3, 0.4) is 0 Å². The van der Waals surface area contributed by atoms with E-state index in [9.17, 15) is 4.79 Å². The second-order valence-corrected chi connectivity index (χ2v) is 4.45. The third kappa shape index (κ3) is 0.961. The number of nitrogens with zero attached hydrogens (tertiary/aromatic N) is 1. The fourth-order valence-electron chi connectivity index (χ4n) is 2.53. The van der Waals surface area contributed by atoms with Crippen LogP contribution in [0.15, 0.2) is 16.8 Å². The molecule has 2 atom stereocenters. The highest BCUT2D eigenvalue weighted by atomic mass is 16.4. The summed E-state index contributed by atoms with van der Waals surface area (Å²) >= 11 is 0. The van der Waals surface area contributed by atoms with E-state index in [4.69, 9.17) is 5.21 Å². The molecular formula is C10H13NO2. The molecule has 3 aliphatic rings. The molecule has 3 aliphatic carbocycles. The van der Waals surface area contributed by atoms with Crippen LogP contribution in [-0.4, -0.2) is 17.2 Å². The first-order chi connectivity index (χ1) is 6.07. The van der Waals surface area contributed by atoms with E-state index in [0.29, 0.717) is 5.92 Å². The van der Waals surface area contributed by atoms with E-state index < -0.39 is 0 Å². The lowest BCUT2D eigenvalue weighted by Crippen LogP contribution is -2.52. The molecule has 13 heavy (non-hydrogen) atoms. The topological polar surface area (TPSA) is 49.7 Å². The standard InChI is InChI=1S/C10H13NO2/c1-10(2)7-4-8(10)9(12)3-6(7)5-11-13/h3,5,7-8,13H,4H2,1-2H3/b11-5+. The summed E-state index contributed by atoms with van der Waals surface area (Å²) in [5, 5.41) is 11.4. The van der Waals surface area contributed by atoms with Crippen LogP contribution < -0.4 is 0 Å². The monoisotopic (exact) mass is 179 g/mol. The Morgan fingerprint density at radius 3 is 2.77 bits per heavy atom. The maximum absolute atomic E-state index is 11.5. The number of oxime groups is 1. The van der Waals surface area contributed by atoms with Crippen molar-refractivity contribution in [1.82, 2.24) is 0 Å². The summed E-state index contributed by atoms with van der Waals surface area (Å²) in [7, 11) is 0. The number of rotatable bonds is 1. The first-order valence-corrected chi connectivity index (χ1v) is 4.50. The van der Waals surface area contributed by atoms with Crippen molar-refractivity contribution in [3.8, 4) is 0 Å². The molecule has 2 unspecified atom stereocenters. The smallest absolute Gasteiger partial charge is 0.159 e. The lowest BCUT2D eigenvalue weighted by atomic mass is 9.48. The van der Waals surface area contributed by atoms with E-state index in [1.165, 1.54) is 6.21 Å². The third-order valence-electron chi connectivity index (χ3n) is 3.53. The lowest BCUT2D eigenvalue weighted by Gasteiger charge is -2.54. The molecule has 3 nitrogen and oxygen atoms in total. The Hall–Kier alpha value is -1.12. The van der Waals surface area contributed by atoms with Crippen molar-refractivity contribution in [1.29, 1.82) is 0 Å². The third-order valence-corrected chi connectivity index (χ3v) is 3.53. The quantitative estimate of drug-likeness (QED) is 0.378. The van der Waals surface area contributed by atoms with Crippen LogP contribution in [0, 0.1) is 17.3 Å². The summed E-state index contributed by atoms with van der Waals surface area (Å²) < 4.78 is 0. The highest BCUT2D eigenvalue weighted by Gasteiger charge is 2.54. The first-order valence-electron chi connectivity index (χ1n) is 4.50. The van der Waals surface area contributed by atoms with Gasteiger partial charge < -0.3 is 5.21 Å². The zero-order valence-corrected chi connectivity index (χ0v) is 7.82. The number of carbonyl (C=O) groups excluding carboxylic acids is 1. The molecule has 3 heteroatoms. The SMILES string of the molecule is CC1(C)C2CC1C(/C=N/O)=CC2=O. The molecule has 0 amide bonds. The minimum Gasteiger partial charge on any atom is -0.411 e. The van der Waals surface area contributed by atoms with Gasteiger partial charge in [0.1, 0.15) is 0 Å². The second-order valence-electron chi connectivity index (χ2n) is 4.45. The summed E-state index contributed by atoms with van der Waals surface area (Å²) in [6.07, 6.45) is 3.92. The van der Waals surface area contributed by atoms with Crippen molar-refractivity contribution < 1.29 is 10.0 Å². The predicted molar refractivity (Wildman–Crippen MR) is 48.7 cm³/mol. The molecule has 1 fully saturated rings. The summed E-state index contributed by atoms with van der Waals surface area (Å²) in [4.78, 5) is 11.5. The van der Waals surface area contributed by atoms with Crippen molar-refractivity contribution in [2.45, 2.75) is 20.3 Å². The zero-order valence-electron chi connectivity index (χ0n) is 7.82. The van der Waals surface area contributed by atoms with Gasteiger partial charge in [0.05, 0.1) is 6.21 Å². The molecule has 0 saturated heterocycles. The van der Waals surface area contributed by atoms with Gasteiger partial charge >= 0.3 is 0 Å². The van der Waals surface area contributed by atoms with E-state index in [2.05, 4.69) is 19.0 Å². The molecule has 1 saturated carbocycles. The minimum atomic E-state index is 0.0579. The maximum Gasteiger partial charge on any atom is 0.159 e. The molecule has 2 bridgehead atoms. The molecular weight excluding hydrogens is 166 g/mol. The Morgan fingerprint density at radius 2 is 2.31 bits per heavy atom. The van der Waals surface area contributed by atoms with Gasteiger partial charge in [0.25, 0.3) is 0 Å². The highest BCUT2D eigenvalue weighted by molar-refractivity contribution is 6.01. The van der Waals surface area contributed by atoms with Crippen LogP contribution in [0.25, 0.3) is 0 Å². The molecule has 0 aromatic heterocycles. The molecule has 70 valence electrons. The molecule has 0 radical (unpaired) electrons. The average Bonchev–Trinajstić information content (AvgIpc) is 2.03. The van der Waals surface area contributed by atoms with Gasteiger partial charge in [-0.25, -0.2) is 0 Å². The lowest BCUT2D eigenvalue weighted by molar-refractivity contribution is -0.133. The molecule has 0 spiro atoms. The predicted octanol–water partition coefficient (Wildman–Crippen LogP) is 1.62. The molecule has 1 N–H and O–H groups in total. The Morgan fingerprint density at radius 1 is 1.62 bits per heavy atom.